The Balaban J connectivity index is 2.80. The fourth-order valence-corrected chi connectivity index (χ4v) is 1.28. The van der Waals surface area contributed by atoms with Crippen molar-refractivity contribution in [3.05, 3.63) is 24.0 Å². The third-order valence-electron chi connectivity index (χ3n) is 1.20. The molecular formula is C7H7BrO2. The van der Waals surface area contributed by atoms with Crippen molar-refractivity contribution in [1.29, 1.82) is 0 Å². The van der Waals surface area contributed by atoms with Gasteiger partial charge in [-0.05, 0) is 35.0 Å². The molecule has 1 unspecified atom stereocenters. The van der Waals surface area contributed by atoms with Crippen LogP contribution in [0.5, 0.6) is 0 Å². The van der Waals surface area contributed by atoms with E-state index in [1.807, 2.05) is 0 Å². The molecule has 1 aliphatic rings. The quantitative estimate of drug-likeness (QED) is 0.607. The normalized spacial score (nSPS) is 23.4. The first-order chi connectivity index (χ1) is 4.72. The van der Waals surface area contributed by atoms with Crippen LogP contribution in [-0.4, -0.2) is 10.8 Å². The van der Waals surface area contributed by atoms with Crippen molar-refractivity contribution in [1.82, 2.24) is 0 Å². The van der Waals surface area contributed by atoms with Crippen molar-refractivity contribution in [2.45, 2.75) is 11.9 Å². The summed E-state index contributed by atoms with van der Waals surface area (Å²) >= 11 is 3.19. The molecule has 1 rings (SSSR count). The van der Waals surface area contributed by atoms with Gasteiger partial charge in [0, 0.05) is 5.57 Å². The number of hydrogen-bond donors (Lipinski definition) is 0. The number of carbonyl (C=O) groups excluding carboxylic acids is 1. The molecule has 3 heteroatoms. The van der Waals surface area contributed by atoms with Gasteiger partial charge < -0.3 is 4.74 Å². The molecule has 0 amide bonds. The number of alkyl halides is 1. The molecule has 1 heterocycles. The Labute approximate surface area is 67.7 Å². The van der Waals surface area contributed by atoms with Crippen LogP contribution in [0.3, 0.4) is 0 Å². The van der Waals surface area contributed by atoms with Crippen LogP contribution < -0.4 is 0 Å². The van der Waals surface area contributed by atoms with Crippen molar-refractivity contribution in [2.24, 2.45) is 0 Å². The molecule has 0 bridgehead atoms. The molecule has 0 radical (unpaired) electrons. The third-order valence-corrected chi connectivity index (χ3v) is 1.91. The van der Waals surface area contributed by atoms with Gasteiger partial charge in [-0.3, -0.25) is 4.79 Å². The zero-order chi connectivity index (χ0) is 7.56. The summed E-state index contributed by atoms with van der Waals surface area (Å²) in [6, 6.07) is 0. The molecule has 0 aromatic rings. The molecule has 0 aromatic heterocycles. The van der Waals surface area contributed by atoms with Crippen molar-refractivity contribution in [2.75, 3.05) is 0 Å². The summed E-state index contributed by atoms with van der Waals surface area (Å²) in [6.07, 6.45) is 4.99. The lowest BCUT2D eigenvalue weighted by atomic mass is 10.2. The Hall–Kier alpha value is -0.570. The Bertz CT molecular complexity index is 206. The lowest BCUT2D eigenvalue weighted by Crippen LogP contribution is -2.13. The SMILES string of the molecule is CC(=O)C1=CC=COC1Br. The Kier molecular flexibility index (Phi) is 2.27. The van der Waals surface area contributed by atoms with Gasteiger partial charge in [-0.2, -0.15) is 0 Å². The topological polar surface area (TPSA) is 26.3 Å². The van der Waals surface area contributed by atoms with Gasteiger partial charge in [0.15, 0.2) is 10.8 Å². The summed E-state index contributed by atoms with van der Waals surface area (Å²) in [6.45, 7) is 1.52. The average molecular weight is 203 g/mol. The molecule has 1 aliphatic heterocycles. The first-order valence-corrected chi connectivity index (χ1v) is 3.80. The van der Waals surface area contributed by atoms with E-state index in [2.05, 4.69) is 15.9 Å². The molecule has 0 saturated heterocycles. The molecule has 1 atom stereocenters. The van der Waals surface area contributed by atoms with Gasteiger partial charge in [0.05, 0.1) is 6.26 Å². The summed E-state index contributed by atoms with van der Waals surface area (Å²) in [7, 11) is 0. The van der Waals surface area contributed by atoms with Crippen molar-refractivity contribution in [3.8, 4) is 0 Å². The Morgan fingerprint density at radius 2 is 2.50 bits per heavy atom. The molecule has 0 aromatic carbocycles. The van der Waals surface area contributed by atoms with E-state index in [0.29, 0.717) is 5.57 Å². The molecule has 10 heavy (non-hydrogen) atoms. The maximum absolute atomic E-state index is 10.8. The van der Waals surface area contributed by atoms with E-state index in [0.717, 1.165) is 0 Å². The fraction of sp³-hybridized carbons (Fsp3) is 0.286. The summed E-state index contributed by atoms with van der Waals surface area (Å²) < 4.78 is 5.00. The highest BCUT2D eigenvalue weighted by Crippen LogP contribution is 2.18. The maximum Gasteiger partial charge on any atom is 0.180 e. The highest BCUT2D eigenvalue weighted by Gasteiger charge is 2.15. The van der Waals surface area contributed by atoms with Crippen LogP contribution in [0, 0.1) is 0 Å². The molecular weight excluding hydrogens is 196 g/mol. The van der Waals surface area contributed by atoms with Crippen LogP contribution in [0.15, 0.2) is 24.0 Å². The van der Waals surface area contributed by atoms with Gasteiger partial charge in [-0.25, -0.2) is 0 Å². The highest BCUT2D eigenvalue weighted by atomic mass is 79.9. The number of ketones is 1. The minimum atomic E-state index is -0.269. The summed E-state index contributed by atoms with van der Waals surface area (Å²) in [5, 5.41) is -0.269. The fourth-order valence-electron chi connectivity index (χ4n) is 0.683. The van der Waals surface area contributed by atoms with Crippen molar-refractivity contribution < 1.29 is 9.53 Å². The van der Waals surface area contributed by atoms with Gasteiger partial charge in [-0.1, -0.05) is 0 Å². The Morgan fingerprint density at radius 1 is 1.80 bits per heavy atom. The van der Waals surface area contributed by atoms with Gasteiger partial charge >= 0.3 is 0 Å². The van der Waals surface area contributed by atoms with Crippen molar-refractivity contribution >= 4 is 21.7 Å². The van der Waals surface area contributed by atoms with E-state index in [9.17, 15) is 4.79 Å². The second kappa shape index (κ2) is 3.01. The lowest BCUT2D eigenvalue weighted by molar-refractivity contribution is -0.114. The second-order valence-corrected chi connectivity index (χ2v) is 2.79. The van der Waals surface area contributed by atoms with E-state index in [4.69, 9.17) is 4.74 Å². The van der Waals surface area contributed by atoms with E-state index in [1.165, 1.54) is 6.92 Å². The molecule has 0 spiro atoms. The number of allylic oxidation sites excluding steroid dienone is 2. The van der Waals surface area contributed by atoms with Crippen molar-refractivity contribution in [3.63, 3.8) is 0 Å². The zero-order valence-corrected chi connectivity index (χ0v) is 7.09. The first-order valence-electron chi connectivity index (χ1n) is 2.89. The number of carbonyl (C=O) groups is 1. The second-order valence-electron chi connectivity index (χ2n) is 1.96. The molecule has 0 fully saturated rings. The van der Waals surface area contributed by atoms with Gasteiger partial charge in [0.2, 0.25) is 0 Å². The van der Waals surface area contributed by atoms with E-state index in [1.54, 1.807) is 18.4 Å². The molecule has 54 valence electrons. The number of rotatable bonds is 1. The Morgan fingerprint density at radius 3 is 2.90 bits per heavy atom. The van der Waals surface area contributed by atoms with Crippen LogP contribution in [0.25, 0.3) is 0 Å². The smallest absolute Gasteiger partial charge is 0.180 e. The third kappa shape index (κ3) is 1.48. The minimum absolute atomic E-state index is 0.0335. The van der Waals surface area contributed by atoms with E-state index < -0.39 is 0 Å². The number of hydrogen-bond acceptors (Lipinski definition) is 2. The van der Waals surface area contributed by atoms with Crippen LogP contribution in [0.1, 0.15) is 6.92 Å². The number of ether oxygens (including phenoxy) is 1. The maximum atomic E-state index is 10.8. The largest absolute Gasteiger partial charge is 0.482 e. The van der Waals surface area contributed by atoms with E-state index >= 15 is 0 Å². The van der Waals surface area contributed by atoms with E-state index in [-0.39, 0.29) is 10.8 Å². The van der Waals surface area contributed by atoms with Gasteiger partial charge in [0.25, 0.3) is 0 Å². The van der Waals surface area contributed by atoms with Crippen LogP contribution >= 0.6 is 15.9 Å². The molecule has 0 N–H and O–H groups in total. The van der Waals surface area contributed by atoms with Crippen LogP contribution in [0.2, 0.25) is 0 Å². The van der Waals surface area contributed by atoms with Gasteiger partial charge in [0.1, 0.15) is 0 Å². The average Bonchev–Trinajstić information content (AvgIpc) is 1.88. The molecule has 0 aliphatic carbocycles. The predicted octanol–water partition coefficient (Wildman–Crippen LogP) is 1.77. The summed E-state index contributed by atoms with van der Waals surface area (Å²) in [5.41, 5.74) is 0.655. The van der Waals surface area contributed by atoms with Gasteiger partial charge in [-0.15, -0.1) is 0 Å². The van der Waals surface area contributed by atoms with Crippen LogP contribution in [-0.2, 0) is 9.53 Å². The predicted molar refractivity (Wildman–Crippen MR) is 41.7 cm³/mol. The minimum Gasteiger partial charge on any atom is -0.482 e. The highest BCUT2D eigenvalue weighted by molar-refractivity contribution is 9.09. The first kappa shape index (κ1) is 7.54. The summed E-state index contributed by atoms with van der Waals surface area (Å²) in [5.74, 6) is 0.0335. The van der Waals surface area contributed by atoms with Crippen LogP contribution in [0.4, 0.5) is 0 Å². The number of halogens is 1. The standard InChI is InChI=1S/C7H7BrO2/c1-5(9)6-3-2-4-10-7(6)8/h2-4,7H,1H3. The number of Topliss-reactive ketones (excluding diaryl/α,β-unsaturated/α-hetero) is 1. The summed E-state index contributed by atoms with van der Waals surface area (Å²) in [4.78, 5) is 10.8. The monoisotopic (exact) mass is 202 g/mol. The lowest BCUT2D eigenvalue weighted by Gasteiger charge is -2.13. The molecule has 2 nitrogen and oxygen atoms in total. The zero-order valence-electron chi connectivity index (χ0n) is 5.50. The molecule has 0 saturated carbocycles.